The Kier molecular flexibility index (Phi) is 4.39. The standard InChI is InChI=1S/C17H20ClF2N3O2/c1-16(2,3)25-15(24)23-7-4-11-10-12(18)21-14(13(11)23)22-8-5-17(19,20)6-9-22/h4,7,10H,5-6,8-9H2,1-3H3. The van der Waals surface area contributed by atoms with Gasteiger partial charge in [0.15, 0.2) is 5.82 Å². The van der Waals surface area contributed by atoms with Crippen molar-refractivity contribution in [2.75, 3.05) is 18.0 Å². The summed E-state index contributed by atoms with van der Waals surface area (Å²) in [7, 11) is 0. The van der Waals surface area contributed by atoms with Crippen LogP contribution >= 0.6 is 11.6 Å². The maximum Gasteiger partial charge on any atom is 0.419 e. The van der Waals surface area contributed by atoms with Crippen molar-refractivity contribution in [2.24, 2.45) is 0 Å². The molecule has 25 heavy (non-hydrogen) atoms. The second kappa shape index (κ2) is 6.12. The predicted molar refractivity (Wildman–Crippen MR) is 92.8 cm³/mol. The zero-order valence-electron chi connectivity index (χ0n) is 14.4. The van der Waals surface area contributed by atoms with Crippen LogP contribution in [0.5, 0.6) is 0 Å². The first-order chi connectivity index (χ1) is 11.6. The summed E-state index contributed by atoms with van der Waals surface area (Å²) < 4.78 is 33.7. The highest BCUT2D eigenvalue weighted by atomic mass is 35.5. The minimum absolute atomic E-state index is 0.148. The van der Waals surface area contributed by atoms with E-state index in [1.165, 1.54) is 4.57 Å². The van der Waals surface area contributed by atoms with E-state index in [0.29, 0.717) is 16.7 Å². The number of aromatic nitrogens is 2. The van der Waals surface area contributed by atoms with Gasteiger partial charge in [-0.2, -0.15) is 0 Å². The molecule has 0 radical (unpaired) electrons. The number of ether oxygens (including phenoxy) is 1. The molecule has 8 heteroatoms. The second-order valence-electron chi connectivity index (χ2n) is 7.22. The molecule has 0 atom stereocenters. The number of fused-ring (bicyclic) bond motifs is 1. The lowest BCUT2D eigenvalue weighted by Crippen LogP contribution is -2.40. The highest BCUT2D eigenvalue weighted by Gasteiger charge is 2.35. The second-order valence-corrected chi connectivity index (χ2v) is 7.60. The van der Waals surface area contributed by atoms with Gasteiger partial charge in [0.05, 0.1) is 0 Å². The van der Waals surface area contributed by atoms with Gasteiger partial charge in [0.2, 0.25) is 0 Å². The van der Waals surface area contributed by atoms with E-state index in [4.69, 9.17) is 16.3 Å². The van der Waals surface area contributed by atoms with Crippen LogP contribution in [0.25, 0.3) is 10.9 Å². The summed E-state index contributed by atoms with van der Waals surface area (Å²) in [6.45, 7) is 5.63. The Morgan fingerprint density at radius 1 is 1.32 bits per heavy atom. The number of hydrogen-bond acceptors (Lipinski definition) is 4. The van der Waals surface area contributed by atoms with E-state index in [1.54, 1.807) is 44.0 Å². The van der Waals surface area contributed by atoms with Crippen LogP contribution in [0.3, 0.4) is 0 Å². The molecule has 0 unspecified atom stereocenters. The third-order valence-corrected chi connectivity index (χ3v) is 4.19. The average Bonchev–Trinajstić information content (AvgIpc) is 2.88. The molecule has 2 aromatic heterocycles. The van der Waals surface area contributed by atoms with E-state index in [-0.39, 0.29) is 31.1 Å². The summed E-state index contributed by atoms with van der Waals surface area (Å²) in [5, 5.41) is 0.958. The smallest absolute Gasteiger partial charge is 0.419 e. The van der Waals surface area contributed by atoms with Crippen molar-refractivity contribution in [1.29, 1.82) is 0 Å². The number of carbonyl (C=O) groups is 1. The number of piperidine rings is 1. The summed E-state index contributed by atoms with van der Waals surface area (Å²) in [6.07, 6.45) is 0.528. The quantitative estimate of drug-likeness (QED) is 0.681. The van der Waals surface area contributed by atoms with Gasteiger partial charge in [-0.05, 0) is 32.9 Å². The normalized spacial score (nSPS) is 17.8. The van der Waals surface area contributed by atoms with Gasteiger partial charge in [-0.1, -0.05) is 11.6 Å². The largest absolute Gasteiger partial charge is 0.443 e. The number of rotatable bonds is 1. The number of halogens is 3. The molecule has 0 bridgehead atoms. The van der Waals surface area contributed by atoms with Crippen molar-refractivity contribution in [3.8, 4) is 0 Å². The molecule has 3 rings (SSSR count). The molecule has 5 nitrogen and oxygen atoms in total. The highest BCUT2D eigenvalue weighted by Crippen LogP contribution is 2.34. The topological polar surface area (TPSA) is 47.4 Å². The number of anilines is 1. The van der Waals surface area contributed by atoms with Crippen LogP contribution in [0.2, 0.25) is 5.15 Å². The van der Waals surface area contributed by atoms with Gasteiger partial charge < -0.3 is 9.64 Å². The summed E-state index contributed by atoms with van der Waals surface area (Å²) in [4.78, 5) is 18.5. The van der Waals surface area contributed by atoms with Crippen LogP contribution in [-0.2, 0) is 4.74 Å². The maximum atomic E-state index is 13.5. The van der Waals surface area contributed by atoms with Gasteiger partial charge >= 0.3 is 6.09 Å². The number of pyridine rings is 1. The van der Waals surface area contributed by atoms with Crippen LogP contribution in [0.15, 0.2) is 18.3 Å². The van der Waals surface area contributed by atoms with Crippen LogP contribution in [0.4, 0.5) is 19.4 Å². The zero-order valence-corrected chi connectivity index (χ0v) is 15.1. The molecule has 1 aliphatic rings. The fraction of sp³-hybridized carbons (Fsp3) is 0.529. The van der Waals surface area contributed by atoms with Gasteiger partial charge in [0, 0.05) is 37.5 Å². The first-order valence-electron chi connectivity index (χ1n) is 8.09. The Balaban J connectivity index is 2.03. The van der Waals surface area contributed by atoms with Gasteiger partial charge in [0.1, 0.15) is 16.3 Å². The Hall–Kier alpha value is -1.89. The van der Waals surface area contributed by atoms with Gasteiger partial charge in [-0.25, -0.2) is 23.1 Å². The van der Waals surface area contributed by atoms with Crippen molar-refractivity contribution in [3.05, 3.63) is 23.5 Å². The SMILES string of the molecule is CC(C)(C)OC(=O)n1ccc2cc(Cl)nc(N3CCC(F)(F)CC3)c21. The molecule has 2 aromatic rings. The number of nitrogens with zero attached hydrogens (tertiary/aromatic N) is 3. The Morgan fingerprint density at radius 2 is 1.96 bits per heavy atom. The summed E-state index contributed by atoms with van der Waals surface area (Å²) in [6, 6.07) is 3.37. The van der Waals surface area contributed by atoms with E-state index in [9.17, 15) is 13.6 Å². The van der Waals surface area contributed by atoms with Crippen LogP contribution in [0, 0.1) is 0 Å². The fourth-order valence-corrected chi connectivity index (χ4v) is 3.04. The molecule has 0 spiro atoms. The van der Waals surface area contributed by atoms with Crippen molar-refractivity contribution >= 4 is 34.4 Å². The van der Waals surface area contributed by atoms with Crippen molar-refractivity contribution in [2.45, 2.75) is 45.1 Å². The molecular weight excluding hydrogens is 352 g/mol. The van der Waals surface area contributed by atoms with Crippen molar-refractivity contribution in [3.63, 3.8) is 0 Å². The first kappa shape index (κ1) is 17.9. The summed E-state index contributed by atoms with van der Waals surface area (Å²) in [5.41, 5.74) is -0.134. The molecule has 1 fully saturated rings. The molecule has 0 aromatic carbocycles. The Morgan fingerprint density at radius 3 is 2.56 bits per heavy atom. The highest BCUT2D eigenvalue weighted by molar-refractivity contribution is 6.30. The molecule has 1 aliphatic heterocycles. The van der Waals surface area contributed by atoms with Crippen LogP contribution < -0.4 is 4.90 Å². The Labute approximate surface area is 149 Å². The van der Waals surface area contributed by atoms with E-state index in [1.807, 2.05) is 0 Å². The zero-order chi connectivity index (χ0) is 18.4. The first-order valence-corrected chi connectivity index (χ1v) is 8.47. The van der Waals surface area contributed by atoms with Crippen molar-refractivity contribution < 1.29 is 18.3 Å². The third-order valence-electron chi connectivity index (χ3n) is 4.00. The molecule has 0 saturated carbocycles. The molecule has 0 amide bonds. The predicted octanol–water partition coefficient (Wildman–Crippen LogP) is 4.71. The van der Waals surface area contributed by atoms with Crippen LogP contribution in [0.1, 0.15) is 33.6 Å². The fourth-order valence-electron chi connectivity index (χ4n) is 2.84. The van der Waals surface area contributed by atoms with E-state index >= 15 is 0 Å². The lowest BCUT2D eigenvalue weighted by molar-refractivity contribution is -0.0221. The Bertz CT molecular complexity index is 804. The van der Waals surface area contributed by atoms with Gasteiger partial charge in [-0.3, -0.25) is 0 Å². The lowest BCUT2D eigenvalue weighted by Gasteiger charge is -2.33. The van der Waals surface area contributed by atoms with Gasteiger partial charge in [-0.15, -0.1) is 0 Å². The molecule has 136 valence electrons. The molecule has 0 N–H and O–H groups in total. The molecule has 3 heterocycles. The lowest BCUT2D eigenvalue weighted by atomic mass is 10.1. The average molecular weight is 372 g/mol. The summed E-state index contributed by atoms with van der Waals surface area (Å²) >= 11 is 6.08. The monoisotopic (exact) mass is 371 g/mol. The van der Waals surface area contributed by atoms with Crippen molar-refractivity contribution in [1.82, 2.24) is 9.55 Å². The maximum absolute atomic E-state index is 13.5. The van der Waals surface area contributed by atoms with Crippen LogP contribution in [-0.4, -0.2) is 40.3 Å². The molecule has 0 aliphatic carbocycles. The number of alkyl halides is 2. The number of carbonyl (C=O) groups excluding carboxylic acids is 1. The summed E-state index contributed by atoms with van der Waals surface area (Å²) in [5.74, 6) is -2.24. The van der Waals surface area contributed by atoms with Gasteiger partial charge in [0.25, 0.3) is 5.92 Å². The third kappa shape index (κ3) is 3.86. The van der Waals surface area contributed by atoms with E-state index < -0.39 is 17.6 Å². The van der Waals surface area contributed by atoms with E-state index in [0.717, 1.165) is 0 Å². The minimum atomic E-state index is -2.67. The minimum Gasteiger partial charge on any atom is -0.443 e. The molecular formula is C17H20ClF2N3O2. The number of hydrogen-bond donors (Lipinski definition) is 0. The van der Waals surface area contributed by atoms with E-state index in [2.05, 4.69) is 4.98 Å². The molecule has 1 saturated heterocycles.